The zero-order valence-corrected chi connectivity index (χ0v) is 10.4. The highest BCUT2D eigenvalue weighted by Gasteiger charge is 2.27. The Hall–Kier alpha value is -2.83. The number of para-hydroxylation sites is 1. The number of hydrogen-bond acceptors (Lipinski definition) is 3. The monoisotopic (exact) mass is 273 g/mol. The highest BCUT2D eigenvalue weighted by Crippen LogP contribution is 2.26. The Kier molecular flexibility index (Phi) is 2.67. The highest BCUT2D eigenvalue weighted by molar-refractivity contribution is 5.87. The molecule has 2 N–H and O–H groups in total. The number of amides is 1. The van der Waals surface area contributed by atoms with Crippen molar-refractivity contribution in [3.8, 4) is 5.69 Å². The molecule has 2 heterocycles. The van der Waals surface area contributed by atoms with Gasteiger partial charge in [-0.1, -0.05) is 18.2 Å². The molecule has 20 heavy (non-hydrogen) atoms. The second-order valence-electron chi connectivity index (χ2n) is 4.48. The van der Waals surface area contributed by atoms with E-state index in [1.165, 1.54) is 11.2 Å². The van der Waals surface area contributed by atoms with Gasteiger partial charge in [-0.25, -0.2) is 14.6 Å². The Labute approximate surface area is 113 Å². The Bertz CT molecular complexity index is 707. The summed E-state index contributed by atoms with van der Waals surface area (Å²) < 4.78 is 1.64. The minimum absolute atomic E-state index is 0.00829. The van der Waals surface area contributed by atoms with Crippen LogP contribution in [0.1, 0.15) is 21.7 Å². The van der Waals surface area contributed by atoms with Gasteiger partial charge in [-0.05, 0) is 11.6 Å². The number of carbonyl (C=O) groups is 2. The number of carboxylic acid groups (broad SMARTS) is 2. The van der Waals surface area contributed by atoms with Gasteiger partial charge in [-0.2, -0.15) is 0 Å². The Morgan fingerprint density at radius 2 is 1.90 bits per heavy atom. The van der Waals surface area contributed by atoms with Crippen LogP contribution in [0.4, 0.5) is 4.79 Å². The van der Waals surface area contributed by atoms with E-state index in [2.05, 4.69) is 4.98 Å². The third-order valence-electron chi connectivity index (χ3n) is 3.29. The molecule has 102 valence electrons. The molecule has 0 unspecified atom stereocenters. The molecule has 1 aliphatic heterocycles. The van der Waals surface area contributed by atoms with Crippen molar-refractivity contribution in [2.24, 2.45) is 0 Å². The van der Waals surface area contributed by atoms with Crippen molar-refractivity contribution in [2.45, 2.75) is 13.1 Å². The predicted molar refractivity (Wildman–Crippen MR) is 67.8 cm³/mol. The molecule has 1 aliphatic rings. The summed E-state index contributed by atoms with van der Waals surface area (Å²) in [5.41, 5.74) is 1.81. The second kappa shape index (κ2) is 4.37. The van der Waals surface area contributed by atoms with Gasteiger partial charge in [0.2, 0.25) is 0 Å². The van der Waals surface area contributed by atoms with E-state index in [0.717, 1.165) is 11.3 Å². The first-order valence-electron chi connectivity index (χ1n) is 5.93. The smallest absolute Gasteiger partial charge is 0.407 e. The van der Waals surface area contributed by atoms with Crippen LogP contribution >= 0.6 is 0 Å². The van der Waals surface area contributed by atoms with Gasteiger partial charge in [0.15, 0.2) is 5.69 Å². The topological polar surface area (TPSA) is 95.7 Å². The average molecular weight is 273 g/mol. The van der Waals surface area contributed by atoms with Crippen LogP contribution in [-0.2, 0) is 13.1 Å². The Balaban J connectivity index is 2.23. The van der Waals surface area contributed by atoms with Crippen LogP contribution in [0.5, 0.6) is 0 Å². The number of aromatic carboxylic acids is 1. The van der Waals surface area contributed by atoms with Gasteiger partial charge in [0.25, 0.3) is 0 Å². The number of nitrogens with zero attached hydrogens (tertiary/aromatic N) is 3. The lowest BCUT2D eigenvalue weighted by molar-refractivity contribution is 0.0687. The fourth-order valence-electron chi connectivity index (χ4n) is 2.37. The number of hydrogen-bond donors (Lipinski definition) is 2. The maximum Gasteiger partial charge on any atom is 0.407 e. The SMILES string of the molecule is O=C(O)c1ncn2c1CN(C(=O)O)Cc1ccccc1-2. The Morgan fingerprint density at radius 1 is 1.15 bits per heavy atom. The lowest BCUT2D eigenvalue weighted by atomic mass is 10.1. The molecule has 0 radical (unpaired) electrons. The fourth-order valence-corrected chi connectivity index (χ4v) is 2.37. The molecule has 0 spiro atoms. The van der Waals surface area contributed by atoms with Gasteiger partial charge >= 0.3 is 12.1 Å². The third-order valence-corrected chi connectivity index (χ3v) is 3.29. The van der Waals surface area contributed by atoms with Crippen molar-refractivity contribution in [3.05, 3.63) is 47.5 Å². The molecular weight excluding hydrogens is 262 g/mol. The van der Waals surface area contributed by atoms with Gasteiger partial charge < -0.3 is 14.8 Å². The molecule has 7 heteroatoms. The molecule has 2 aromatic rings. The predicted octanol–water partition coefficient (Wildman–Crippen LogP) is 1.56. The van der Waals surface area contributed by atoms with Gasteiger partial charge in [0, 0.05) is 0 Å². The van der Waals surface area contributed by atoms with E-state index in [0.29, 0.717) is 5.69 Å². The number of rotatable bonds is 1. The normalized spacial score (nSPS) is 13.3. The molecule has 0 bridgehead atoms. The number of benzene rings is 1. The summed E-state index contributed by atoms with van der Waals surface area (Å²) >= 11 is 0. The first-order chi connectivity index (χ1) is 9.58. The minimum Gasteiger partial charge on any atom is -0.476 e. The fraction of sp³-hybridized carbons (Fsp3) is 0.154. The molecule has 1 aromatic carbocycles. The molecule has 7 nitrogen and oxygen atoms in total. The van der Waals surface area contributed by atoms with Crippen molar-refractivity contribution in [1.82, 2.24) is 14.5 Å². The van der Waals surface area contributed by atoms with Gasteiger partial charge in [-0.3, -0.25) is 4.90 Å². The first-order valence-corrected chi connectivity index (χ1v) is 5.93. The molecule has 3 rings (SSSR count). The molecule has 1 amide bonds. The van der Waals surface area contributed by atoms with Crippen LogP contribution in [-0.4, -0.2) is 36.7 Å². The van der Waals surface area contributed by atoms with Crippen LogP contribution in [0.2, 0.25) is 0 Å². The Morgan fingerprint density at radius 3 is 2.60 bits per heavy atom. The zero-order chi connectivity index (χ0) is 14.3. The summed E-state index contributed by atoms with van der Waals surface area (Å²) in [4.78, 5) is 27.5. The van der Waals surface area contributed by atoms with E-state index in [-0.39, 0.29) is 18.8 Å². The molecule has 0 atom stereocenters. The largest absolute Gasteiger partial charge is 0.476 e. The van der Waals surface area contributed by atoms with Crippen LogP contribution in [0.25, 0.3) is 5.69 Å². The van der Waals surface area contributed by atoms with Gasteiger partial charge in [-0.15, -0.1) is 0 Å². The molecule has 0 saturated heterocycles. The average Bonchev–Trinajstić information content (AvgIpc) is 2.75. The number of aromatic nitrogens is 2. The third kappa shape index (κ3) is 1.80. The second-order valence-corrected chi connectivity index (χ2v) is 4.48. The number of imidazole rings is 1. The van der Waals surface area contributed by atoms with Crippen molar-refractivity contribution in [3.63, 3.8) is 0 Å². The molecule has 0 fully saturated rings. The number of carboxylic acids is 1. The van der Waals surface area contributed by atoms with E-state index in [4.69, 9.17) is 5.11 Å². The highest BCUT2D eigenvalue weighted by atomic mass is 16.4. The first kappa shape index (κ1) is 12.2. The van der Waals surface area contributed by atoms with Crippen LogP contribution in [0.3, 0.4) is 0 Å². The molecule has 0 saturated carbocycles. The maximum absolute atomic E-state index is 11.3. The van der Waals surface area contributed by atoms with E-state index < -0.39 is 12.1 Å². The summed E-state index contributed by atoms with van der Waals surface area (Å²) in [6.45, 7) is 0.206. The molecular formula is C13H11N3O4. The summed E-state index contributed by atoms with van der Waals surface area (Å²) in [5.74, 6) is -1.16. The van der Waals surface area contributed by atoms with Crippen molar-refractivity contribution in [2.75, 3.05) is 0 Å². The summed E-state index contributed by atoms with van der Waals surface area (Å²) in [6, 6.07) is 7.27. The summed E-state index contributed by atoms with van der Waals surface area (Å²) in [7, 11) is 0. The zero-order valence-electron chi connectivity index (χ0n) is 10.4. The van der Waals surface area contributed by atoms with E-state index in [1.54, 1.807) is 4.57 Å². The lowest BCUT2D eigenvalue weighted by Gasteiger charge is -2.16. The van der Waals surface area contributed by atoms with Crippen molar-refractivity contribution in [1.29, 1.82) is 0 Å². The molecule has 1 aromatic heterocycles. The van der Waals surface area contributed by atoms with E-state index >= 15 is 0 Å². The summed E-state index contributed by atoms with van der Waals surface area (Å²) in [6.07, 6.45) is 0.328. The number of fused-ring (bicyclic) bond motifs is 3. The minimum atomic E-state index is -1.16. The van der Waals surface area contributed by atoms with E-state index in [9.17, 15) is 14.7 Å². The van der Waals surface area contributed by atoms with Crippen LogP contribution in [0, 0.1) is 0 Å². The standard InChI is InChI=1S/C13H11N3O4/c17-12(18)11-10-6-15(13(19)20)5-8-3-1-2-4-9(8)16(10)7-14-11/h1-4,7H,5-6H2,(H,17,18)(H,19,20). The summed E-state index contributed by atoms with van der Waals surface area (Å²) in [5, 5.41) is 18.4. The van der Waals surface area contributed by atoms with E-state index in [1.807, 2.05) is 24.3 Å². The van der Waals surface area contributed by atoms with Crippen molar-refractivity contribution < 1.29 is 19.8 Å². The van der Waals surface area contributed by atoms with Gasteiger partial charge in [0.05, 0.1) is 24.5 Å². The van der Waals surface area contributed by atoms with Crippen molar-refractivity contribution >= 4 is 12.1 Å². The maximum atomic E-state index is 11.3. The van der Waals surface area contributed by atoms with Gasteiger partial charge in [0.1, 0.15) is 6.33 Å². The van der Waals surface area contributed by atoms with Crippen LogP contribution < -0.4 is 0 Å². The van der Waals surface area contributed by atoms with Crippen LogP contribution in [0.15, 0.2) is 30.6 Å². The molecule has 0 aliphatic carbocycles. The lowest BCUT2D eigenvalue weighted by Crippen LogP contribution is -2.28. The quantitative estimate of drug-likeness (QED) is 0.822.